The van der Waals surface area contributed by atoms with Crippen molar-refractivity contribution in [3.8, 4) is 0 Å². The third kappa shape index (κ3) is 5.44. The zero-order valence-electron chi connectivity index (χ0n) is 19.8. The van der Waals surface area contributed by atoms with Gasteiger partial charge in [-0.3, -0.25) is 9.48 Å². The molecular formula is C23H32N4O5S. The van der Waals surface area contributed by atoms with E-state index in [1.807, 2.05) is 6.92 Å². The highest BCUT2D eigenvalue weighted by molar-refractivity contribution is 7.89. The number of carbonyl (C=O) groups excluding carboxylic acids is 2. The summed E-state index contributed by atoms with van der Waals surface area (Å²) in [5.74, 6) is -1.18. The van der Waals surface area contributed by atoms with Crippen molar-refractivity contribution >= 4 is 27.6 Å². The Morgan fingerprint density at radius 3 is 2.30 bits per heavy atom. The van der Waals surface area contributed by atoms with Gasteiger partial charge in [-0.15, -0.1) is 0 Å². The first-order valence-electron chi connectivity index (χ1n) is 11.1. The van der Waals surface area contributed by atoms with Gasteiger partial charge >= 0.3 is 5.97 Å². The van der Waals surface area contributed by atoms with Crippen LogP contribution < -0.4 is 5.32 Å². The topological polar surface area (TPSA) is 111 Å². The molecule has 2 aromatic rings. The van der Waals surface area contributed by atoms with E-state index >= 15 is 0 Å². The molecule has 0 saturated heterocycles. The van der Waals surface area contributed by atoms with Crippen LogP contribution in [0.5, 0.6) is 0 Å². The molecule has 1 saturated carbocycles. The maximum Gasteiger partial charge on any atom is 0.338 e. The van der Waals surface area contributed by atoms with Gasteiger partial charge in [0.05, 0.1) is 27.5 Å². The fourth-order valence-corrected chi connectivity index (χ4v) is 5.45. The third-order valence-corrected chi connectivity index (χ3v) is 8.19. The van der Waals surface area contributed by atoms with E-state index in [4.69, 9.17) is 4.74 Å². The van der Waals surface area contributed by atoms with Crippen LogP contribution >= 0.6 is 0 Å². The standard InChI is InChI=1S/C23H32N4O5S/c1-15-21(16(2)26(4)25-15)24-22(28)17(3)32-23(29)18-11-13-20(14-12-18)33(30,31)27(5)19-9-7-6-8-10-19/h11-14,17,19H,6-10H2,1-5H3,(H,24,28). The first-order valence-corrected chi connectivity index (χ1v) is 12.6. The lowest BCUT2D eigenvalue weighted by Gasteiger charge is -2.30. The Morgan fingerprint density at radius 1 is 1.15 bits per heavy atom. The van der Waals surface area contributed by atoms with E-state index < -0.39 is 28.0 Å². The number of benzene rings is 1. The van der Waals surface area contributed by atoms with Crippen LogP contribution in [-0.4, -0.2) is 53.6 Å². The number of carbonyl (C=O) groups is 2. The number of ether oxygens (including phenoxy) is 1. The van der Waals surface area contributed by atoms with Gasteiger partial charge in [0.15, 0.2) is 6.10 Å². The number of hydrogen-bond acceptors (Lipinski definition) is 6. The fourth-order valence-electron chi connectivity index (χ4n) is 4.03. The van der Waals surface area contributed by atoms with Gasteiger partial charge in [-0.2, -0.15) is 9.40 Å². The van der Waals surface area contributed by atoms with Crippen molar-refractivity contribution in [1.82, 2.24) is 14.1 Å². The van der Waals surface area contributed by atoms with Crippen molar-refractivity contribution in [1.29, 1.82) is 0 Å². The van der Waals surface area contributed by atoms with Crippen molar-refractivity contribution < 1.29 is 22.7 Å². The van der Waals surface area contributed by atoms with Crippen molar-refractivity contribution in [2.24, 2.45) is 7.05 Å². The summed E-state index contributed by atoms with van der Waals surface area (Å²) in [6.45, 7) is 5.08. The lowest BCUT2D eigenvalue weighted by atomic mass is 9.96. The van der Waals surface area contributed by atoms with E-state index in [0.29, 0.717) is 11.4 Å². The molecule has 1 aromatic carbocycles. The Labute approximate surface area is 195 Å². The molecule has 0 spiro atoms. The molecule has 1 unspecified atom stereocenters. The smallest absolute Gasteiger partial charge is 0.338 e. The minimum absolute atomic E-state index is 0.000146. The number of anilines is 1. The highest BCUT2D eigenvalue weighted by atomic mass is 32.2. The molecule has 33 heavy (non-hydrogen) atoms. The van der Waals surface area contributed by atoms with Crippen molar-refractivity contribution in [2.75, 3.05) is 12.4 Å². The maximum absolute atomic E-state index is 13.0. The van der Waals surface area contributed by atoms with E-state index in [9.17, 15) is 18.0 Å². The number of nitrogens with zero attached hydrogens (tertiary/aromatic N) is 3. The number of amides is 1. The molecule has 1 fully saturated rings. The quantitative estimate of drug-likeness (QED) is 0.615. The molecule has 9 nitrogen and oxygen atoms in total. The minimum atomic E-state index is -3.65. The van der Waals surface area contributed by atoms with Crippen LogP contribution in [0, 0.1) is 13.8 Å². The monoisotopic (exact) mass is 476 g/mol. The molecule has 1 N–H and O–H groups in total. The summed E-state index contributed by atoms with van der Waals surface area (Å²) in [5.41, 5.74) is 2.20. The molecule has 10 heteroatoms. The van der Waals surface area contributed by atoms with Gasteiger partial charge in [-0.1, -0.05) is 19.3 Å². The van der Waals surface area contributed by atoms with Crippen molar-refractivity contribution in [2.45, 2.75) is 69.9 Å². The number of aromatic nitrogens is 2. The van der Waals surface area contributed by atoms with Gasteiger partial charge in [0.2, 0.25) is 10.0 Å². The first-order chi connectivity index (χ1) is 15.5. The molecule has 1 aliphatic carbocycles. The highest BCUT2D eigenvalue weighted by Gasteiger charge is 2.29. The van der Waals surface area contributed by atoms with E-state index in [1.165, 1.54) is 35.5 Å². The van der Waals surface area contributed by atoms with Crippen molar-refractivity contribution in [3.63, 3.8) is 0 Å². The Kier molecular flexibility index (Phi) is 7.58. The molecule has 1 amide bonds. The summed E-state index contributed by atoms with van der Waals surface area (Å²) in [6, 6.07) is 5.62. The van der Waals surface area contributed by atoms with Gasteiger partial charge in [0.25, 0.3) is 5.91 Å². The lowest BCUT2D eigenvalue weighted by Crippen LogP contribution is -2.38. The number of hydrogen-bond donors (Lipinski definition) is 1. The molecule has 180 valence electrons. The molecule has 1 aromatic heterocycles. The van der Waals surface area contributed by atoms with Crippen LogP contribution in [0.3, 0.4) is 0 Å². The summed E-state index contributed by atoms with van der Waals surface area (Å²) < 4.78 is 34.3. The Hall–Kier alpha value is -2.72. The molecule has 1 heterocycles. The predicted octanol–water partition coefficient (Wildman–Crippen LogP) is 3.17. The Balaban J connectivity index is 1.64. The summed E-state index contributed by atoms with van der Waals surface area (Å²) in [6.07, 6.45) is 3.87. The van der Waals surface area contributed by atoms with Gasteiger partial charge < -0.3 is 10.1 Å². The van der Waals surface area contributed by atoms with E-state index in [1.54, 1.807) is 25.7 Å². The van der Waals surface area contributed by atoms with Crippen LogP contribution in [0.25, 0.3) is 0 Å². The maximum atomic E-state index is 13.0. The van der Waals surface area contributed by atoms with Crippen molar-refractivity contribution in [3.05, 3.63) is 41.2 Å². The number of rotatable bonds is 7. The zero-order valence-corrected chi connectivity index (χ0v) is 20.6. The number of nitrogens with one attached hydrogen (secondary N) is 1. The summed E-state index contributed by atoms with van der Waals surface area (Å²) in [5, 5.41) is 6.99. The van der Waals surface area contributed by atoms with E-state index in [0.717, 1.165) is 37.8 Å². The Morgan fingerprint density at radius 2 is 1.76 bits per heavy atom. The Bertz CT molecular complexity index is 1120. The van der Waals surface area contributed by atoms with E-state index in [2.05, 4.69) is 10.4 Å². The summed E-state index contributed by atoms with van der Waals surface area (Å²) >= 11 is 0. The van der Waals surface area contributed by atoms with Crippen LogP contribution in [0.4, 0.5) is 5.69 Å². The second-order valence-electron chi connectivity index (χ2n) is 8.54. The third-order valence-electron chi connectivity index (χ3n) is 6.27. The fraction of sp³-hybridized carbons (Fsp3) is 0.522. The first kappa shape index (κ1) is 24.9. The number of sulfonamides is 1. The van der Waals surface area contributed by atoms with Crippen LogP contribution in [-0.2, 0) is 26.6 Å². The molecule has 0 bridgehead atoms. The van der Waals surface area contributed by atoms with Gasteiger partial charge in [-0.05, 0) is 57.9 Å². The number of aryl methyl sites for hydroxylation is 2. The summed E-state index contributed by atoms with van der Waals surface area (Å²) in [7, 11) is -0.263. The SMILES string of the molecule is Cc1nn(C)c(C)c1NC(=O)C(C)OC(=O)c1ccc(S(=O)(=O)N(C)C2CCCCC2)cc1. The van der Waals surface area contributed by atoms with Crippen LogP contribution in [0.15, 0.2) is 29.2 Å². The molecule has 0 aliphatic heterocycles. The van der Waals surface area contributed by atoms with Gasteiger partial charge in [-0.25, -0.2) is 13.2 Å². The molecule has 1 atom stereocenters. The van der Waals surface area contributed by atoms with Crippen LogP contribution in [0.2, 0.25) is 0 Å². The normalized spacial score (nSPS) is 15.9. The minimum Gasteiger partial charge on any atom is -0.449 e. The van der Waals surface area contributed by atoms with Gasteiger partial charge in [0, 0.05) is 20.1 Å². The second kappa shape index (κ2) is 10.0. The van der Waals surface area contributed by atoms with Crippen LogP contribution in [0.1, 0.15) is 60.8 Å². The molecule has 0 radical (unpaired) electrons. The van der Waals surface area contributed by atoms with E-state index in [-0.39, 0.29) is 16.5 Å². The second-order valence-corrected chi connectivity index (χ2v) is 10.5. The molecular weight excluding hydrogens is 444 g/mol. The van der Waals surface area contributed by atoms with Gasteiger partial charge in [0.1, 0.15) is 0 Å². The number of esters is 1. The zero-order chi connectivity index (χ0) is 24.3. The molecule has 3 rings (SSSR count). The predicted molar refractivity (Wildman–Crippen MR) is 124 cm³/mol. The highest BCUT2D eigenvalue weighted by Crippen LogP contribution is 2.26. The molecule has 1 aliphatic rings. The lowest BCUT2D eigenvalue weighted by molar-refractivity contribution is -0.123. The average molecular weight is 477 g/mol. The summed E-state index contributed by atoms with van der Waals surface area (Å²) in [4.78, 5) is 25.1. The average Bonchev–Trinajstić information content (AvgIpc) is 3.04. The largest absolute Gasteiger partial charge is 0.449 e.